The monoisotopic (exact) mass is 509 g/mol. The van der Waals surface area contributed by atoms with Crippen molar-refractivity contribution in [3.63, 3.8) is 0 Å². The molecule has 2 N–H and O–H groups in total. The molecule has 3 rings (SSSR count). The number of hydrogen-bond acceptors (Lipinski definition) is 5. The molecule has 2 aromatic carbocycles. The van der Waals surface area contributed by atoms with Crippen LogP contribution in [0.25, 0.3) is 10.2 Å². The van der Waals surface area contributed by atoms with Crippen LogP contribution >= 0.6 is 27.3 Å². The molecule has 1 aromatic heterocycles. The normalized spacial score (nSPS) is 13.0. The molecular weight excluding hydrogens is 486 g/mol. The van der Waals surface area contributed by atoms with Crippen LogP contribution in [0.2, 0.25) is 0 Å². The lowest BCUT2D eigenvalue weighted by Gasteiger charge is -2.20. The van der Waals surface area contributed by atoms with Gasteiger partial charge in [0, 0.05) is 4.47 Å². The molecule has 160 valence electrons. The fourth-order valence-electron chi connectivity index (χ4n) is 3.06. The largest absolute Gasteiger partial charge is 0.324 e. The molecule has 0 aliphatic carbocycles. The van der Waals surface area contributed by atoms with E-state index in [4.69, 9.17) is 0 Å². The predicted octanol–water partition coefficient (Wildman–Crippen LogP) is 5.01. The first-order valence-corrected chi connectivity index (χ1v) is 12.6. The van der Waals surface area contributed by atoms with Gasteiger partial charge in [-0.1, -0.05) is 19.9 Å². The summed E-state index contributed by atoms with van der Waals surface area (Å²) in [6.07, 6.45) is 0.371. The van der Waals surface area contributed by atoms with Crippen LogP contribution in [-0.4, -0.2) is 25.4 Å². The van der Waals surface area contributed by atoms with Gasteiger partial charge in [-0.2, -0.15) is 4.72 Å². The van der Waals surface area contributed by atoms with Gasteiger partial charge in [0.2, 0.25) is 15.9 Å². The summed E-state index contributed by atoms with van der Waals surface area (Å²) in [6, 6.07) is 9.47. The van der Waals surface area contributed by atoms with Crippen LogP contribution in [0.4, 0.5) is 5.69 Å². The number of carbonyl (C=O) groups excluding carboxylic acids is 1. The topological polar surface area (TPSA) is 88.2 Å². The van der Waals surface area contributed by atoms with Crippen LogP contribution in [0, 0.1) is 19.8 Å². The maximum atomic E-state index is 13.0. The second-order valence-corrected chi connectivity index (χ2v) is 11.4. The number of aromatic nitrogens is 1. The summed E-state index contributed by atoms with van der Waals surface area (Å²) in [5.74, 6) is -0.275. The molecule has 1 heterocycles. The third kappa shape index (κ3) is 5.46. The van der Waals surface area contributed by atoms with E-state index in [2.05, 4.69) is 31.0 Å². The van der Waals surface area contributed by atoms with Crippen LogP contribution in [0.5, 0.6) is 0 Å². The number of nitrogens with zero attached hydrogens (tertiary/aromatic N) is 1. The van der Waals surface area contributed by atoms with E-state index in [1.165, 1.54) is 17.4 Å². The van der Waals surface area contributed by atoms with Crippen molar-refractivity contribution in [3.8, 4) is 0 Å². The number of benzene rings is 2. The van der Waals surface area contributed by atoms with E-state index in [-0.39, 0.29) is 10.8 Å². The molecule has 0 saturated carbocycles. The Balaban J connectivity index is 1.85. The molecule has 0 aliphatic rings. The summed E-state index contributed by atoms with van der Waals surface area (Å²) in [7, 11) is -3.89. The number of halogens is 1. The zero-order valence-corrected chi connectivity index (χ0v) is 20.4. The summed E-state index contributed by atoms with van der Waals surface area (Å²) in [5, 5.41) is 3.70. The zero-order valence-electron chi connectivity index (χ0n) is 17.2. The first kappa shape index (κ1) is 22.9. The number of aryl methyl sites for hydroxylation is 2. The minimum Gasteiger partial charge on any atom is -0.324 e. The van der Waals surface area contributed by atoms with Crippen LogP contribution in [0.3, 0.4) is 0 Å². The van der Waals surface area contributed by atoms with E-state index < -0.39 is 22.0 Å². The lowest BCUT2D eigenvalue weighted by molar-refractivity contribution is -0.118. The maximum Gasteiger partial charge on any atom is 0.242 e. The number of thiazole rings is 1. The molecule has 1 atom stereocenters. The average molecular weight is 510 g/mol. The van der Waals surface area contributed by atoms with Gasteiger partial charge in [-0.3, -0.25) is 4.79 Å². The SMILES string of the molecule is Cc1ccc(NC(=O)C(CC(C)C)NS(=O)(=O)c2ccc3nc(C)sc3c2)c(Br)c1. The molecule has 0 bridgehead atoms. The van der Waals surface area contributed by atoms with E-state index in [0.29, 0.717) is 12.1 Å². The molecule has 6 nitrogen and oxygen atoms in total. The minimum absolute atomic E-state index is 0.122. The third-order valence-electron chi connectivity index (χ3n) is 4.48. The fraction of sp³-hybridized carbons (Fsp3) is 0.333. The highest BCUT2D eigenvalue weighted by atomic mass is 79.9. The van der Waals surface area contributed by atoms with Gasteiger partial charge in [0.1, 0.15) is 6.04 Å². The maximum absolute atomic E-state index is 13.0. The van der Waals surface area contributed by atoms with Gasteiger partial charge in [0.05, 0.1) is 25.8 Å². The van der Waals surface area contributed by atoms with Crippen molar-refractivity contribution in [1.82, 2.24) is 9.71 Å². The number of nitrogens with one attached hydrogen (secondary N) is 2. The van der Waals surface area contributed by atoms with E-state index in [1.807, 2.05) is 39.8 Å². The number of amides is 1. The summed E-state index contributed by atoms with van der Waals surface area (Å²) < 4.78 is 30.2. The number of carbonyl (C=O) groups is 1. The third-order valence-corrected chi connectivity index (χ3v) is 7.54. The minimum atomic E-state index is -3.89. The Morgan fingerprint density at radius 3 is 2.57 bits per heavy atom. The Bertz CT molecular complexity index is 1190. The highest BCUT2D eigenvalue weighted by Crippen LogP contribution is 2.26. The van der Waals surface area contributed by atoms with Crippen molar-refractivity contribution in [2.24, 2.45) is 5.92 Å². The van der Waals surface area contributed by atoms with Crippen LogP contribution in [-0.2, 0) is 14.8 Å². The molecule has 0 saturated heterocycles. The van der Waals surface area contributed by atoms with Crippen molar-refractivity contribution < 1.29 is 13.2 Å². The smallest absolute Gasteiger partial charge is 0.242 e. The first-order valence-electron chi connectivity index (χ1n) is 9.51. The van der Waals surface area contributed by atoms with Crippen molar-refractivity contribution in [1.29, 1.82) is 0 Å². The van der Waals surface area contributed by atoms with Crippen molar-refractivity contribution in [3.05, 3.63) is 51.4 Å². The van der Waals surface area contributed by atoms with Gasteiger partial charge < -0.3 is 5.32 Å². The van der Waals surface area contributed by atoms with E-state index in [9.17, 15) is 13.2 Å². The van der Waals surface area contributed by atoms with E-state index in [1.54, 1.807) is 18.2 Å². The number of sulfonamides is 1. The fourth-order valence-corrected chi connectivity index (χ4v) is 5.83. The van der Waals surface area contributed by atoms with Gasteiger partial charge in [-0.05, 0) is 78.0 Å². The lowest BCUT2D eigenvalue weighted by atomic mass is 10.0. The lowest BCUT2D eigenvalue weighted by Crippen LogP contribution is -2.44. The van der Waals surface area contributed by atoms with Gasteiger partial charge in [0.15, 0.2) is 0 Å². The Hall–Kier alpha value is -1.81. The molecule has 0 spiro atoms. The number of anilines is 1. The van der Waals surface area contributed by atoms with Crippen LogP contribution in [0.15, 0.2) is 45.8 Å². The van der Waals surface area contributed by atoms with E-state index >= 15 is 0 Å². The van der Waals surface area contributed by atoms with Crippen LogP contribution < -0.4 is 10.0 Å². The van der Waals surface area contributed by atoms with Crippen molar-refractivity contribution in [2.45, 2.75) is 45.1 Å². The molecule has 0 radical (unpaired) electrons. The summed E-state index contributed by atoms with van der Waals surface area (Å²) in [5.41, 5.74) is 2.41. The zero-order chi connectivity index (χ0) is 22.1. The molecule has 1 amide bonds. The van der Waals surface area contributed by atoms with Gasteiger partial charge in [-0.15, -0.1) is 11.3 Å². The molecule has 1 unspecified atom stereocenters. The van der Waals surface area contributed by atoms with Crippen LogP contribution in [0.1, 0.15) is 30.8 Å². The Morgan fingerprint density at radius 1 is 1.17 bits per heavy atom. The summed E-state index contributed by atoms with van der Waals surface area (Å²) in [4.78, 5) is 17.4. The molecule has 3 aromatic rings. The van der Waals surface area contributed by atoms with E-state index in [0.717, 1.165) is 25.3 Å². The standard InChI is InChI=1S/C21H24BrN3O3S2/c1-12(2)9-19(21(26)24-17-7-5-13(3)10-16(17)22)25-30(27,28)15-6-8-18-20(11-15)29-14(4)23-18/h5-8,10-12,19,25H,9H2,1-4H3,(H,24,26). The van der Waals surface area contributed by atoms with Crippen molar-refractivity contribution >= 4 is 59.1 Å². The quantitative estimate of drug-likeness (QED) is 0.468. The molecular formula is C21H24BrN3O3S2. The van der Waals surface area contributed by atoms with Gasteiger partial charge in [-0.25, -0.2) is 13.4 Å². The average Bonchev–Trinajstić information content (AvgIpc) is 3.02. The Kier molecular flexibility index (Phi) is 6.96. The van der Waals surface area contributed by atoms with Gasteiger partial charge in [0.25, 0.3) is 0 Å². The Labute approximate surface area is 189 Å². The van der Waals surface area contributed by atoms with Crippen molar-refractivity contribution in [2.75, 3.05) is 5.32 Å². The number of hydrogen-bond donors (Lipinski definition) is 2. The second-order valence-electron chi connectivity index (χ2n) is 7.64. The highest BCUT2D eigenvalue weighted by molar-refractivity contribution is 9.10. The predicted molar refractivity (Wildman–Crippen MR) is 125 cm³/mol. The Morgan fingerprint density at radius 2 is 1.90 bits per heavy atom. The summed E-state index contributed by atoms with van der Waals surface area (Å²) >= 11 is 4.88. The first-order chi connectivity index (χ1) is 14.0. The molecule has 0 aliphatic heterocycles. The number of rotatable bonds is 7. The molecule has 30 heavy (non-hydrogen) atoms. The highest BCUT2D eigenvalue weighted by Gasteiger charge is 2.27. The summed E-state index contributed by atoms with van der Waals surface area (Å²) in [6.45, 7) is 7.72. The second kappa shape index (κ2) is 9.13. The number of fused-ring (bicyclic) bond motifs is 1. The molecule has 9 heteroatoms. The van der Waals surface area contributed by atoms with Gasteiger partial charge >= 0.3 is 0 Å². The molecule has 0 fully saturated rings.